The van der Waals surface area contributed by atoms with E-state index in [0.29, 0.717) is 71.5 Å². The van der Waals surface area contributed by atoms with Crippen LogP contribution < -0.4 is 9.80 Å². The SMILES string of the molecule is CN1C=CN(c2ccc(-c3cc(F)cc(-c4ccnc(N5CCN(C[C@H](O)CO)CC5)c4)c3O)cc2Cl)C1O. The first-order valence-corrected chi connectivity index (χ1v) is 13.0. The fraction of sp³-hybridized carbons (Fsp3) is 0.321. The van der Waals surface area contributed by atoms with Gasteiger partial charge in [-0.3, -0.25) is 4.90 Å². The second kappa shape index (κ2) is 11.4. The Kier molecular flexibility index (Phi) is 7.92. The highest BCUT2D eigenvalue weighted by Crippen LogP contribution is 2.42. The van der Waals surface area contributed by atoms with Crippen LogP contribution in [0, 0.1) is 5.82 Å². The number of β-amino-alcohol motifs (C(OH)–C–C–N with tert-alkyl or cyclic N) is 1. The van der Waals surface area contributed by atoms with Gasteiger partial charge >= 0.3 is 0 Å². The molecule has 2 atom stereocenters. The molecule has 0 saturated carbocycles. The number of phenolic OH excluding ortho intramolecular Hbond substituents is 1. The standard InChI is InChI=1S/C28H31ClFN5O4/c1-32-6-11-35(28(32)39)25-3-2-18(12-24(25)29)22-14-20(30)15-23(27(22)38)19-4-5-31-26(13-19)34-9-7-33(8-10-34)16-21(37)17-36/h2-6,11-15,21,28,36-39H,7-10,16-17H2,1H3/t21-,28?/m0/s1. The summed E-state index contributed by atoms with van der Waals surface area (Å²) < 4.78 is 14.9. The summed E-state index contributed by atoms with van der Waals surface area (Å²) in [4.78, 5) is 11.9. The monoisotopic (exact) mass is 555 g/mol. The average molecular weight is 556 g/mol. The van der Waals surface area contributed by atoms with E-state index in [1.807, 2.05) is 6.07 Å². The first kappa shape index (κ1) is 27.2. The lowest BCUT2D eigenvalue weighted by Gasteiger charge is -2.36. The largest absolute Gasteiger partial charge is 0.507 e. The average Bonchev–Trinajstić information content (AvgIpc) is 3.27. The van der Waals surface area contributed by atoms with Crippen LogP contribution in [0.2, 0.25) is 5.02 Å². The number of rotatable bonds is 7. The van der Waals surface area contributed by atoms with Gasteiger partial charge in [-0.2, -0.15) is 0 Å². The van der Waals surface area contributed by atoms with Crippen LogP contribution in [0.5, 0.6) is 5.75 Å². The number of aliphatic hydroxyl groups excluding tert-OH is 3. The summed E-state index contributed by atoms with van der Waals surface area (Å²) in [5.41, 5.74) is 2.35. The van der Waals surface area contributed by atoms with E-state index in [0.717, 1.165) is 0 Å². The molecule has 2 aliphatic rings. The van der Waals surface area contributed by atoms with Crippen LogP contribution in [0.25, 0.3) is 22.3 Å². The summed E-state index contributed by atoms with van der Waals surface area (Å²) in [5.74, 6) is 0.114. The molecule has 0 spiro atoms. The van der Waals surface area contributed by atoms with Gasteiger partial charge in [0.2, 0.25) is 6.35 Å². The number of phenols is 1. The Bertz CT molecular complexity index is 1370. The van der Waals surface area contributed by atoms with Crippen molar-refractivity contribution in [1.29, 1.82) is 0 Å². The quantitative estimate of drug-likeness (QED) is 0.350. The second-order valence-corrected chi connectivity index (χ2v) is 10.2. The molecule has 206 valence electrons. The Morgan fingerprint density at radius 3 is 2.33 bits per heavy atom. The smallest absolute Gasteiger partial charge is 0.211 e. The number of nitrogens with zero attached hydrogens (tertiary/aromatic N) is 5. The van der Waals surface area contributed by atoms with Crippen LogP contribution >= 0.6 is 11.6 Å². The molecular weight excluding hydrogens is 525 g/mol. The predicted octanol–water partition coefficient (Wildman–Crippen LogP) is 2.89. The molecule has 2 aromatic carbocycles. The molecule has 4 N–H and O–H groups in total. The molecule has 1 aromatic heterocycles. The van der Waals surface area contributed by atoms with Gasteiger partial charge in [0.05, 0.1) is 23.4 Å². The zero-order chi connectivity index (χ0) is 27.7. The number of aromatic nitrogens is 1. The highest BCUT2D eigenvalue weighted by Gasteiger charge is 2.25. The molecule has 3 aromatic rings. The van der Waals surface area contributed by atoms with E-state index in [1.165, 1.54) is 12.1 Å². The van der Waals surface area contributed by atoms with E-state index in [2.05, 4.69) is 14.8 Å². The molecule has 3 heterocycles. The van der Waals surface area contributed by atoms with E-state index in [4.69, 9.17) is 16.7 Å². The molecule has 39 heavy (non-hydrogen) atoms. The molecule has 0 aliphatic carbocycles. The minimum Gasteiger partial charge on any atom is -0.507 e. The number of aliphatic hydroxyl groups is 3. The molecule has 11 heteroatoms. The van der Waals surface area contributed by atoms with Crippen molar-refractivity contribution in [2.75, 3.05) is 56.2 Å². The van der Waals surface area contributed by atoms with Crippen molar-refractivity contribution in [3.63, 3.8) is 0 Å². The third-order valence-electron chi connectivity index (χ3n) is 7.12. The van der Waals surface area contributed by atoms with Gasteiger partial charge in [0.15, 0.2) is 0 Å². The Hall–Kier alpha value is -3.41. The van der Waals surface area contributed by atoms with Gasteiger partial charge in [0, 0.05) is 69.5 Å². The molecule has 5 rings (SSSR count). The first-order chi connectivity index (χ1) is 18.7. The van der Waals surface area contributed by atoms with Crippen molar-refractivity contribution in [3.8, 4) is 28.0 Å². The Labute approximate surface area is 231 Å². The van der Waals surface area contributed by atoms with Gasteiger partial charge in [-0.25, -0.2) is 9.37 Å². The zero-order valence-corrected chi connectivity index (χ0v) is 22.2. The summed E-state index contributed by atoms with van der Waals surface area (Å²) >= 11 is 6.55. The number of anilines is 2. The van der Waals surface area contributed by atoms with Crippen LogP contribution in [0.1, 0.15) is 0 Å². The summed E-state index contributed by atoms with van der Waals surface area (Å²) in [6.07, 6.45) is 3.42. The molecule has 0 amide bonds. The molecular formula is C28H31ClFN5O4. The van der Waals surface area contributed by atoms with Crippen molar-refractivity contribution < 1.29 is 24.8 Å². The molecule has 1 saturated heterocycles. The van der Waals surface area contributed by atoms with Crippen LogP contribution in [0.3, 0.4) is 0 Å². The normalized spacial score (nSPS) is 18.7. The first-order valence-electron chi connectivity index (χ1n) is 12.7. The van der Waals surface area contributed by atoms with Gasteiger partial charge < -0.3 is 35.1 Å². The highest BCUT2D eigenvalue weighted by atomic mass is 35.5. The van der Waals surface area contributed by atoms with Crippen LogP contribution in [-0.4, -0.2) is 94.0 Å². The number of hydrogen-bond donors (Lipinski definition) is 4. The van der Waals surface area contributed by atoms with Crippen molar-refractivity contribution in [2.24, 2.45) is 0 Å². The number of halogens is 2. The minimum absolute atomic E-state index is 0.0824. The zero-order valence-electron chi connectivity index (χ0n) is 21.5. The fourth-order valence-electron chi connectivity index (χ4n) is 4.93. The number of pyridine rings is 1. The third-order valence-corrected chi connectivity index (χ3v) is 7.42. The fourth-order valence-corrected chi connectivity index (χ4v) is 5.21. The number of hydrogen-bond acceptors (Lipinski definition) is 9. The maximum Gasteiger partial charge on any atom is 0.211 e. The van der Waals surface area contributed by atoms with Gasteiger partial charge in [0.25, 0.3) is 0 Å². The summed E-state index contributed by atoms with van der Waals surface area (Å²) in [7, 11) is 1.74. The summed E-state index contributed by atoms with van der Waals surface area (Å²) in [6, 6.07) is 11.2. The third kappa shape index (κ3) is 5.66. The Morgan fingerprint density at radius 2 is 1.72 bits per heavy atom. The van der Waals surface area contributed by atoms with Gasteiger partial charge in [-0.05, 0) is 47.5 Å². The van der Waals surface area contributed by atoms with Crippen molar-refractivity contribution in [2.45, 2.75) is 12.5 Å². The van der Waals surface area contributed by atoms with Gasteiger partial charge in [0.1, 0.15) is 17.4 Å². The van der Waals surface area contributed by atoms with Gasteiger partial charge in [-0.1, -0.05) is 17.7 Å². The molecule has 0 bridgehead atoms. The summed E-state index contributed by atoms with van der Waals surface area (Å²) in [5, 5.41) is 40.7. The Balaban J connectivity index is 1.40. The lowest BCUT2D eigenvalue weighted by atomic mass is 9.97. The highest BCUT2D eigenvalue weighted by molar-refractivity contribution is 6.33. The molecule has 2 aliphatic heterocycles. The second-order valence-electron chi connectivity index (χ2n) is 9.76. The molecule has 1 fully saturated rings. The van der Waals surface area contributed by atoms with E-state index in [9.17, 15) is 19.7 Å². The maximum atomic E-state index is 14.9. The lowest BCUT2D eigenvalue weighted by molar-refractivity contribution is 0.0574. The van der Waals surface area contributed by atoms with Crippen LogP contribution in [0.15, 0.2) is 61.1 Å². The van der Waals surface area contributed by atoms with Crippen LogP contribution in [-0.2, 0) is 0 Å². The van der Waals surface area contributed by atoms with Gasteiger partial charge in [-0.15, -0.1) is 0 Å². The molecule has 9 nitrogen and oxygen atoms in total. The molecule has 1 unspecified atom stereocenters. The Morgan fingerprint density at radius 1 is 1.03 bits per heavy atom. The van der Waals surface area contributed by atoms with Crippen LogP contribution in [0.4, 0.5) is 15.9 Å². The van der Waals surface area contributed by atoms with Crippen molar-refractivity contribution >= 4 is 23.1 Å². The lowest BCUT2D eigenvalue weighted by Crippen LogP contribution is -2.49. The van der Waals surface area contributed by atoms with E-state index in [-0.39, 0.29) is 12.4 Å². The minimum atomic E-state index is -0.890. The topological polar surface area (TPSA) is 107 Å². The number of piperazine rings is 1. The molecule has 0 radical (unpaired) electrons. The number of aromatic hydroxyl groups is 1. The number of benzene rings is 2. The maximum absolute atomic E-state index is 14.9. The predicted molar refractivity (Wildman–Crippen MR) is 149 cm³/mol. The van der Waals surface area contributed by atoms with E-state index in [1.54, 1.807) is 59.7 Å². The summed E-state index contributed by atoms with van der Waals surface area (Å²) in [6.45, 7) is 2.91. The van der Waals surface area contributed by atoms with E-state index < -0.39 is 18.3 Å². The van der Waals surface area contributed by atoms with Crippen molar-refractivity contribution in [1.82, 2.24) is 14.8 Å². The van der Waals surface area contributed by atoms with Crippen molar-refractivity contribution in [3.05, 3.63) is 71.9 Å². The van der Waals surface area contributed by atoms with E-state index >= 15 is 0 Å².